The Bertz CT molecular complexity index is 416. The average Bonchev–Trinajstić information content (AvgIpc) is 2.35. The molecule has 5 N–H and O–H groups in total. The predicted octanol–water partition coefficient (Wildman–Crippen LogP) is -0.179. The highest BCUT2D eigenvalue weighted by Crippen LogP contribution is 2.30. The van der Waals surface area contributed by atoms with Crippen molar-refractivity contribution in [2.45, 2.75) is 38.6 Å². The third-order valence-electron chi connectivity index (χ3n) is 3.56. The number of amides is 3. The summed E-state index contributed by atoms with van der Waals surface area (Å²) in [5.74, 6) is -1.46. The number of hydrogen-bond donors (Lipinski definition) is 4. The van der Waals surface area contributed by atoms with Crippen LogP contribution in [-0.4, -0.2) is 48.3 Å². The van der Waals surface area contributed by atoms with Crippen LogP contribution in [0.3, 0.4) is 0 Å². The fourth-order valence-electron chi connectivity index (χ4n) is 2.31. The molecule has 8 heteroatoms. The summed E-state index contributed by atoms with van der Waals surface area (Å²) in [6.07, 6.45) is 0.707. The van der Waals surface area contributed by atoms with Crippen molar-refractivity contribution < 1.29 is 24.2 Å². The molecule has 0 aromatic carbocycles. The number of nitrogens with two attached hydrogens (primary N) is 1. The Morgan fingerprint density at radius 2 is 1.86 bits per heavy atom. The molecule has 1 fully saturated rings. The van der Waals surface area contributed by atoms with E-state index in [1.54, 1.807) is 13.8 Å². The molecule has 0 radical (unpaired) electrons. The SMILES string of the molecule is CC(C)(CC(N)=O)NC(=O)NCC1(C(=O)O)CCOCC1. The van der Waals surface area contributed by atoms with E-state index in [0.29, 0.717) is 26.1 Å². The Labute approximate surface area is 123 Å². The molecule has 1 rings (SSSR count). The van der Waals surface area contributed by atoms with E-state index in [0.717, 1.165) is 0 Å². The van der Waals surface area contributed by atoms with Crippen molar-refractivity contribution in [3.8, 4) is 0 Å². The second-order valence-corrected chi connectivity index (χ2v) is 6.03. The number of primary amides is 1. The average molecular weight is 301 g/mol. The monoisotopic (exact) mass is 301 g/mol. The number of carboxylic acid groups (broad SMARTS) is 1. The quantitative estimate of drug-likeness (QED) is 0.540. The zero-order valence-corrected chi connectivity index (χ0v) is 12.4. The van der Waals surface area contributed by atoms with Gasteiger partial charge in [-0.2, -0.15) is 0 Å². The van der Waals surface area contributed by atoms with Gasteiger partial charge in [0.15, 0.2) is 0 Å². The van der Waals surface area contributed by atoms with Crippen LogP contribution in [0, 0.1) is 5.41 Å². The topological polar surface area (TPSA) is 131 Å². The molecule has 0 aliphatic carbocycles. The third-order valence-corrected chi connectivity index (χ3v) is 3.56. The normalized spacial score (nSPS) is 17.8. The summed E-state index contributed by atoms with van der Waals surface area (Å²) in [5, 5.41) is 14.5. The zero-order chi connectivity index (χ0) is 16.1. The van der Waals surface area contributed by atoms with Crippen LogP contribution in [0.5, 0.6) is 0 Å². The van der Waals surface area contributed by atoms with Gasteiger partial charge in [-0.1, -0.05) is 0 Å². The van der Waals surface area contributed by atoms with Gasteiger partial charge in [0.1, 0.15) is 0 Å². The number of carbonyl (C=O) groups excluding carboxylic acids is 2. The number of hydrogen-bond acceptors (Lipinski definition) is 4. The molecule has 0 saturated carbocycles. The number of aliphatic carboxylic acids is 1. The lowest BCUT2D eigenvalue weighted by molar-refractivity contribution is -0.154. The van der Waals surface area contributed by atoms with E-state index in [4.69, 9.17) is 10.5 Å². The fraction of sp³-hybridized carbons (Fsp3) is 0.769. The van der Waals surface area contributed by atoms with Crippen molar-refractivity contribution >= 4 is 17.9 Å². The molecule has 0 aromatic heterocycles. The number of ether oxygens (including phenoxy) is 1. The first-order valence-electron chi connectivity index (χ1n) is 6.82. The molecule has 1 aliphatic rings. The van der Waals surface area contributed by atoms with Crippen molar-refractivity contribution in [1.82, 2.24) is 10.6 Å². The lowest BCUT2D eigenvalue weighted by atomic mass is 9.80. The number of carboxylic acids is 1. The van der Waals surface area contributed by atoms with Crippen LogP contribution in [0.2, 0.25) is 0 Å². The summed E-state index contributed by atoms with van der Waals surface area (Å²) < 4.78 is 5.16. The van der Waals surface area contributed by atoms with Crippen molar-refractivity contribution in [2.75, 3.05) is 19.8 Å². The largest absolute Gasteiger partial charge is 0.481 e. The molecule has 1 aliphatic heterocycles. The van der Waals surface area contributed by atoms with Crippen LogP contribution >= 0.6 is 0 Å². The minimum absolute atomic E-state index is 0.00165. The molecule has 0 bridgehead atoms. The van der Waals surface area contributed by atoms with Crippen molar-refractivity contribution in [3.63, 3.8) is 0 Å². The summed E-state index contributed by atoms with van der Waals surface area (Å²) in [6.45, 7) is 4.08. The highest BCUT2D eigenvalue weighted by atomic mass is 16.5. The van der Waals surface area contributed by atoms with Crippen LogP contribution in [0.4, 0.5) is 4.79 Å². The first-order valence-corrected chi connectivity index (χ1v) is 6.82. The second-order valence-electron chi connectivity index (χ2n) is 6.03. The van der Waals surface area contributed by atoms with Gasteiger partial charge in [-0.3, -0.25) is 9.59 Å². The molecular formula is C13H23N3O5. The molecule has 120 valence electrons. The smallest absolute Gasteiger partial charge is 0.315 e. The maximum absolute atomic E-state index is 11.8. The van der Waals surface area contributed by atoms with Gasteiger partial charge in [0.2, 0.25) is 5.91 Å². The molecule has 0 aromatic rings. The van der Waals surface area contributed by atoms with Crippen molar-refractivity contribution in [3.05, 3.63) is 0 Å². The Kier molecular flexibility index (Phi) is 5.54. The van der Waals surface area contributed by atoms with E-state index in [-0.39, 0.29) is 13.0 Å². The van der Waals surface area contributed by atoms with E-state index in [1.807, 2.05) is 0 Å². The molecular weight excluding hydrogens is 278 g/mol. The van der Waals surface area contributed by atoms with Gasteiger partial charge in [0, 0.05) is 31.7 Å². The Morgan fingerprint density at radius 1 is 1.29 bits per heavy atom. The van der Waals surface area contributed by atoms with E-state index >= 15 is 0 Å². The lowest BCUT2D eigenvalue weighted by Crippen LogP contribution is -2.53. The van der Waals surface area contributed by atoms with Crippen molar-refractivity contribution in [1.29, 1.82) is 0 Å². The minimum Gasteiger partial charge on any atom is -0.481 e. The summed E-state index contributed by atoms with van der Waals surface area (Å²) >= 11 is 0. The maximum atomic E-state index is 11.8. The van der Waals surface area contributed by atoms with Gasteiger partial charge in [0.25, 0.3) is 0 Å². The Balaban J connectivity index is 2.54. The third kappa shape index (κ3) is 5.22. The molecule has 21 heavy (non-hydrogen) atoms. The minimum atomic E-state index is -0.997. The molecule has 0 unspecified atom stereocenters. The van der Waals surface area contributed by atoms with Crippen LogP contribution in [0.15, 0.2) is 0 Å². The fourth-order valence-corrected chi connectivity index (χ4v) is 2.31. The summed E-state index contributed by atoms with van der Waals surface area (Å²) in [4.78, 5) is 34.2. The van der Waals surface area contributed by atoms with Gasteiger partial charge < -0.3 is 26.2 Å². The molecule has 0 spiro atoms. The van der Waals surface area contributed by atoms with Gasteiger partial charge in [0.05, 0.1) is 5.41 Å². The Hall–Kier alpha value is -1.83. The van der Waals surface area contributed by atoms with Crippen LogP contribution < -0.4 is 16.4 Å². The zero-order valence-electron chi connectivity index (χ0n) is 12.4. The van der Waals surface area contributed by atoms with Crippen LogP contribution in [0.25, 0.3) is 0 Å². The molecule has 1 heterocycles. The van der Waals surface area contributed by atoms with Crippen LogP contribution in [0.1, 0.15) is 33.1 Å². The molecule has 3 amide bonds. The predicted molar refractivity (Wildman–Crippen MR) is 74.5 cm³/mol. The highest BCUT2D eigenvalue weighted by Gasteiger charge is 2.40. The first-order chi connectivity index (χ1) is 9.67. The Morgan fingerprint density at radius 3 is 2.33 bits per heavy atom. The molecule has 1 saturated heterocycles. The van der Waals surface area contributed by atoms with Gasteiger partial charge in [-0.05, 0) is 26.7 Å². The lowest BCUT2D eigenvalue weighted by Gasteiger charge is -2.33. The number of carbonyl (C=O) groups is 3. The summed E-state index contributed by atoms with van der Waals surface area (Å²) in [5.41, 5.74) is 3.32. The van der Waals surface area contributed by atoms with Crippen molar-refractivity contribution in [2.24, 2.45) is 11.1 Å². The standard InChI is InChI=1S/C13H23N3O5/c1-12(2,7-9(14)17)16-11(20)15-8-13(10(18)19)3-5-21-6-4-13/h3-8H2,1-2H3,(H2,14,17)(H,18,19)(H2,15,16,20). The van der Waals surface area contributed by atoms with E-state index < -0.39 is 28.9 Å². The number of rotatable bonds is 6. The first kappa shape index (κ1) is 17.2. The highest BCUT2D eigenvalue weighted by molar-refractivity contribution is 5.80. The summed E-state index contributed by atoms with van der Waals surface area (Å²) in [6, 6.07) is -0.520. The van der Waals surface area contributed by atoms with E-state index in [9.17, 15) is 19.5 Å². The van der Waals surface area contributed by atoms with Gasteiger partial charge in [-0.25, -0.2) is 4.79 Å². The maximum Gasteiger partial charge on any atom is 0.315 e. The van der Waals surface area contributed by atoms with E-state index in [2.05, 4.69) is 10.6 Å². The van der Waals surface area contributed by atoms with Gasteiger partial charge in [-0.15, -0.1) is 0 Å². The number of urea groups is 1. The number of nitrogens with one attached hydrogen (secondary N) is 2. The molecule has 0 atom stereocenters. The van der Waals surface area contributed by atoms with E-state index in [1.165, 1.54) is 0 Å². The van der Waals surface area contributed by atoms with Gasteiger partial charge >= 0.3 is 12.0 Å². The second kappa shape index (κ2) is 6.75. The summed E-state index contributed by atoms with van der Waals surface area (Å²) in [7, 11) is 0. The van der Waals surface area contributed by atoms with Crippen LogP contribution in [-0.2, 0) is 14.3 Å². The molecule has 8 nitrogen and oxygen atoms in total.